The number of carboxylic acid groups (broad SMARTS) is 1. The Kier molecular flexibility index (Phi) is 7.60. The van der Waals surface area contributed by atoms with Gasteiger partial charge in [0.25, 0.3) is 0 Å². The smallest absolute Gasteiger partial charge is 0.461 e. The zero-order chi connectivity index (χ0) is 15.8. The summed E-state index contributed by atoms with van der Waals surface area (Å²) < 4.78 is 52.2. The third kappa shape index (κ3) is 6.93. The van der Waals surface area contributed by atoms with Gasteiger partial charge in [0, 0.05) is 6.42 Å². The second-order valence-electron chi connectivity index (χ2n) is 3.52. The van der Waals surface area contributed by atoms with Crippen molar-refractivity contribution in [2.45, 2.75) is 32.5 Å². The van der Waals surface area contributed by atoms with Crippen molar-refractivity contribution in [1.29, 1.82) is 0 Å². The number of hydrogen-bond donors (Lipinski definition) is 2. The van der Waals surface area contributed by atoms with Gasteiger partial charge in [-0.3, -0.25) is 4.79 Å². The lowest BCUT2D eigenvalue weighted by atomic mass is 10.2. The fourth-order valence-corrected chi connectivity index (χ4v) is 0.909. The summed E-state index contributed by atoms with van der Waals surface area (Å²) in [5.74, 6) is -1.16. The fraction of sp³-hybridized carbons (Fsp3) is 0.417. The van der Waals surface area contributed by atoms with Gasteiger partial charge in [-0.05, 0) is 17.7 Å². The minimum absolute atomic E-state index is 0.222. The highest BCUT2D eigenvalue weighted by atomic mass is 19.3. The Bertz CT molecular complexity index is 424. The van der Waals surface area contributed by atoms with Crippen molar-refractivity contribution in [3.8, 4) is 5.75 Å². The standard InChI is InChI=1S/C9H8F4O2.C3H6O2/c10-8(11)9(12,13)15-7-3-1-2-6(4-7)5-14;1-2-3(4)5/h1-4,8,14H,5H2;2H2,1H3,(H,4,5). The number of benzene rings is 1. The van der Waals surface area contributed by atoms with E-state index in [1.807, 2.05) is 0 Å². The maximum atomic E-state index is 12.4. The number of rotatable bonds is 5. The lowest BCUT2D eigenvalue weighted by Gasteiger charge is -2.16. The highest BCUT2D eigenvalue weighted by Gasteiger charge is 2.43. The third-order valence-electron chi connectivity index (χ3n) is 1.89. The first kappa shape index (κ1) is 18.2. The van der Waals surface area contributed by atoms with Crippen LogP contribution >= 0.6 is 0 Å². The molecule has 0 unspecified atom stereocenters. The number of alkyl halides is 4. The van der Waals surface area contributed by atoms with E-state index in [0.29, 0.717) is 5.56 Å². The minimum Gasteiger partial charge on any atom is -0.481 e. The van der Waals surface area contributed by atoms with Crippen molar-refractivity contribution in [3.63, 3.8) is 0 Å². The first-order valence-corrected chi connectivity index (χ1v) is 5.49. The largest absolute Gasteiger partial charge is 0.481 e. The van der Waals surface area contributed by atoms with Gasteiger partial charge in [-0.2, -0.15) is 17.6 Å². The number of aliphatic hydroxyl groups is 1. The molecule has 0 spiro atoms. The van der Waals surface area contributed by atoms with E-state index in [4.69, 9.17) is 10.2 Å². The van der Waals surface area contributed by atoms with Gasteiger partial charge in [-0.25, -0.2) is 0 Å². The molecule has 0 bridgehead atoms. The van der Waals surface area contributed by atoms with E-state index >= 15 is 0 Å². The first-order valence-electron chi connectivity index (χ1n) is 5.49. The number of hydrogen-bond acceptors (Lipinski definition) is 3. The van der Waals surface area contributed by atoms with Crippen LogP contribution in [0.15, 0.2) is 24.3 Å². The third-order valence-corrected chi connectivity index (χ3v) is 1.89. The number of carboxylic acids is 1. The molecular formula is C12H14F4O4. The van der Waals surface area contributed by atoms with Crippen LogP contribution in [0.5, 0.6) is 5.75 Å². The van der Waals surface area contributed by atoms with Gasteiger partial charge in [0.1, 0.15) is 5.75 Å². The average molecular weight is 298 g/mol. The Morgan fingerprint density at radius 2 is 1.95 bits per heavy atom. The molecule has 8 heteroatoms. The monoisotopic (exact) mass is 298 g/mol. The summed E-state index contributed by atoms with van der Waals surface area (Å²) in [5, 5.41) is 16.4. The molecule has 2 N–H and O–H groups in total. The van der Waals surface area contributed by atoms with E-state index < -0.39 is 24.3 Å². The van der Waals surface area contributed by atoms with Crippen LogP contribution in [0.2, 0.25) is 0 Å². The molecule has 0 aliphatic heterocycles. The summed E-state index contributed by atoms with van der Waals surface area (Å²) in [6, 6.07) is 4.95. The molecule has 0 aliphatic rings. The first-order chi connectivity index (χ1) is 9.22. The molecule has 1 rings (SSSR count). The number of carbonyl (C=O) groups is 1. The molecule has 0 saturated heterocycles. The van der Waals surface area contributed by atoms with Crippen molar-refractivity contribution >= 4 is 5.97 Å². The summed E-state index contributed by atoms with van der Waals surface area (Å²) in [4.78, 5) is 9.37. The molecule has 0 radical (unpaired) electrons. The van der Waals surface area contributed by atoms with Crippen molar-refractivity contribution < 1.29 is 37.3 Å². The number of ether oxygens (including phenoxy) is 1. The van der Waals surface area contributed by atoms with Gasteiger partial charge in [0.2, 0.25) is 0 Å². The second-order valence-corrected chi connectivity index (χ2v) is 3.52. The molecule has 0 aromatic heterocycles. The molecule has 1 aromatic carbocycles. The van der Waals surface area contributed by atoms with Crippen molar-refractivity contribution in [2.24, 2.45) is 0 Å². The van der Waals surface area contributed by atoms with Gasteiger partial charge in [-0.1, -0.05) is 19.1 Å². The average Bonchev–Trinajstić information content (AvgIpc) is 2.39. The van der Waals surface area contributed by atoms with Gasteiger partial charge < -0.3 is 14.9 Å². The van der Waals surface area contributed by atoms with Crippen LogP contribution in [-0.4, -0.2) is 28.7 Å². The molecule has 0 amide bonds. The summed E-state index contributed by atoms with van der Waals surface area (Å²) in [6.07, 6.45) is -8.19. The molecule has 0 heterocycles. The van der Waals surface area contributed by atoms with E-state index in [9.17, 15) is 22.4 Å². The van der Waals surface area contributed by atoms with Gasteiger partial charge in [0.15, 0.2) is 0 Å². The Hall–Kier alpha value is -1.83. The Morgan fingerprint density at radius 1 is 1.40 bits per heavy atom. The summed E-state index contributed by atoms with van der Waals surface area (Å²) >= 11 is 0. The van der Waals surface area contributed by atoms with Crippen LogP contribution in [0.4, 0.5) is 17.6 Å². The molecule has 4 nitrogen and oxygen atoms in total. The van der Waals surface area contributed by atoms with Crippen LogP contribution in [0.1, 0.15) is 18.9 Å². The van der Waals surface area contributed by atoms with Crippen molar-refractivity contribution in [1.82, 2.24) is 0 Å². The minimum atomic E-state index is -4.52. The molecule has 114 valence electrons. The lowest BCUT2D eigenvalue weighted by Crippen LogP contribution is -2.33. The zero-order valence-electron chi connectivity index (χ0n) is 10.5. The zero-order valence-corrected chi connectivity index (χ0v) is 10.5. The number of aliphatic carboxylic acids is 1. The summed E-state index contributed by atoms with van der Waals surface area (Å²) in [5.41, 5.74) is 0.303. The quantitative estimate of drug-likeness (QED) is 0.820. The number of halogens is 4. The molecule has 0 aliphatic carbocycles. The molecular weight excluding hydrogens is 284 g/mol. The fourth-order valence-electron chi connectivity index (χ4n) is 0.909. The summed E-state index contributed by atoms with van der Waals surface area (Å²) in [6.45, 7) is 1.22. The molecule has 1 aromatic rings. The van der Waals surface area contributed by atoms with Crippen LogP contribution in [0.25, 0.3) is 0 Å². The van der Waals surface area contributed by atoms with Crippen LogP contribution in [-0.2, 0) is 11.4 Å². The van der Waals surface area contributed by atoms with Crippen LogP contribution in [0, 0.1) is 0 Å². The van der Waals surface area contributed by atoms with E-state index in [0.717, 1.165) is 12.1 Å². The predicted molar refractivity (Wildman–Crippen MR) is 61.9 cm³/mol. The van der Waals surface area contributed by atoms with Crippen molar-refractivity contribution in [2.75, 3.05) is 0 Å². The van der Waals surface area contributed by atoms with Crippen LogP contribution < -0.4 is 4.74 Å². The molecule has 20 heavy (non-hydrogen) atoms. The highest BCUT2D eigenvalue weighted by Crippen LogP contribution is 2.27. The van der Waals surface area contributed by atoms with Gasteiger partial charge in [0.05, 0.1) is 6.61 Å². The predicted octanol–water partition coefficient (Wildman–Crippen LogP) is 2.90. The highest BCUT2D eigenvalue weighted by molar-refractivity contribution is 5.66. The van der Waals surface area contributed by atoms with E-state index in [-0.39, 0.29) is 13.0 Å². The Morgan fingerprint density at radius 3 is 2.35 bits per heavy atom. The van der Waals surface area contributed by atoms with E-state index in [1.54, 1.807) is 6.92 Å². The second kappa shape index (κ2) is 8.36. The molecule has 0 saturated carbocycles. The van der Waals surface area contributed by atoms with Crippen LogP contribution in [0.3, 0.4) is 0 Å². The van der Waals surface area contributed by atoms with Gasteiger partial charge in [-0.15, -0.1) is 0 Å². The van der Waals surface area contributed by atoms with E-state index in [1.165, 1.54) is 12.1 Å². The Balaban J connectivity index is 0.000000621. The van der Waals surface area contributed by atoms with Gasteiger partial charge >= 0.3 is 18.5 Å². The number of aliphatic hydroxyl groups excluding tert-OH is 1. The maximum Gasteiger partial charge on any atom is 0.461 e. The topological polar surface area (TPSA) is 66.8 Å². The van der Waals surface area contributed by atoms with E-state index in [2.05, 4.69) is 4.74 Å². The molecule has 0 fully saturated rings. The molecule has 0 atom stereocenters. The van der Waals surface area contributed by atoms with Crippen molar-refractivity contribution in [3.05, 3.63) is 29.8 Å². The maximum absolute atomic E-state index is 12.4. The Labute approximate surface area is 112 Å². The SMILES string of the molecule is CCC(=O)O.OCc1cccc(OC(F)(F)C(F)F)c1. The lowest BCUT2D eigenvalue weighted by molar-refractivity contribution is -0.253. The normalized spacial score (nSPS) is 10.8. The summed E-state index contributed by atoms with van der Waals surface area (Å²) in [7, 11) is 0.